The molecule has 0 unspecified atom stereocenters. The Hall–Kier alpha value is -2.73. The summed E-state index contributed by atoms with van der Waals surface area (Å²) in [5, 5.41) is 20.9. The summed E-state index contributed by atoms with van der Waals surface area (Å²) in [5.41, 5.74) is 1.60. The van der Waals surface area contributed by atoms with E-state index in [2.05, 4.69) is 15.5 Å². The molecule has 106 valence electrons. The van der Waals surface area contributed by atoms with Crippen LogP contribution in [-0.4, -0.2) is 25.3 Å². The van der Waals surface area contributed by atoms with Crippen LogP contribution in [-0.2, 0) is 13.2 Å². The lowest BCUT2D eigenvalue weighted by atomic mass is 10.2. The normalized spacial score (nSPS) is 10.5. The number of ether oxygens (including phenoxy) is 1. The summed E-state index contributed by atoms with van der Waals surface area (Å²) in [6.07, 6.45) is 0. The average Bonchev–Trinajstić information content (AvgIpc) is 3.02. The van der Waals surface area contributed by atoms with Gasteiger partial charge in [-0.3, -0.25) is 0 Å². The zero-order valence-electron chi connectivity index (χ0n) is 11.3. The van der Waals surface area contributed by atoms with Crippen LogP contribution in [0.25, 0.3) is 5.69 Å². The second-order valence-electron chi connectivity index (χ2n) is 4.40. The molecule has 2 aromatic carbocycles. The molecule has 6 heteroatoms. The zero-order chi connectivity index (χ0) is 14.5. The Kier molecular flexibility index (Phi) is 3.88. The van der Waals surface area contributed by atoms with Gasteiger partial charge in [-0.05, 0) is 28.6 Å². The quantitative estimate of drug-likeness (QED) is 0.771. The Morgan fingerprint density at radius 1 is 1.00 bits per heavy atom. The summed E-state index contributed by atoms with van der Waals surface area (Å²) in [5.74, 6) is 1.22. The first-order valence-corrected chi connectivity index (χ1v) is 6.52. The average molecular weight is 282 g/mol. The highest BCUT2D eigenvalue weighted by Gasteiger charge is 2.10. The Labute approximate surface area is 121 Å². The summed E-state index contributed by atoms with van der Waals surface area (Å²) >= 11 is 0. The van der Waals surface area contributed by atoms with Gasteiger partial charge >= 0.3 is 0 Å². The predicted octanol–water partition coefficient (Wildman–Crippen LogP) is 1.73. The van der Waals surface area contributed by atoms with Crippen LogP contribution in [0.15, 0.2) is 54.6 Å². The molecular weight excluding hydrogens is 268 g/mol. The first-order valence-electron chi connectivity index (χ1n) is 6.52. The van der Waals surface area contributed by atoms with Gasteiger partial charge in [0.2, 0.25) is 0 Å². The van der Waals surface area contributed by atoms with Crippen molar-refractivity contribution < 1.29 is 9.84 Å². The van der Waals surface area contributed by atoms with Crippen LogP contribution in [0.1, 0.15) is 11.4 Å². The number of tetrazole rings is 1. The van der Waals surface area contributed by atoms with Crippen molar-refractivity contribution in [3.05, 3.63) is 66.0 Å². The van der Waals surface area contributed by atoms with Crippen LogP contribution in [0.2, 0.25) is 0 Å². The first kappa shape index (κ1) is 13.3. The minimum Gasteiger partial charge on any atom is -0.485 e. The lowest BCUT2D eigenvalue weighted by Gasteiger charge is -2.09. The summed E-state index contributed by atoms with van der Waals surface area (Å²) < 4.78 is 7.34. The van der Waals surface area contributed by atoms with E-state index in [1.165, 1.54) is 0 Å². The number of hydrogen-bond acceptors (Lipinski definition) is 5. The second-order valence-corrected chi connectivity index (χ2v) is 4.40. The number of aliphatic hydroxyl groups is 1. The van der Waals surface area contributed by atoms with E-state index >= 15 is 0 Å². The zero-order valence-corrected chi connectivity index (χ0v) is 11.3. The fraction of sp³-hybridized carbons (Fsp3) is 0.133. The third kappa shape index (κ3) is 2.90. The molecule has 0 fully saturated rings. The first-order chi connectivity index (χ1) is 10.4. The Morgan fingerprint density at radius 3 is 2.57 bits per heavy atom. The number of aromatic nitrogens is 4. The number of benzene rings is 2. The summed E-state index contributed by atoms with van der Waals surface area (Å²) in [7, 11) is 0. The van der Waals surface area contributed by atoms with Crippen LogP contribution < -0.4 is 4.74 Å². The highest BCUT2D eigenvalue weighted by atomic mass is 16.5. The molecule has 0 radical (unpaired) electrons. The van der Waals surface area contributed by atoms with E-state index in [0.29, 0.717) is 11.6 Å². The molecule has 1 N–H and O–H groups in total. The number of hydrogen-bond donors (Lipinski definition) is 1. The van der Waals surface area contributed by atoms with E-state index in [0.717, 1.165) is 11.3 Å². The molecule has 0 saturated carbocycles. The molecule has 0 bridgehead atoms. The highest BCUT2D eigenvalue weighted by molar-refractivity contribution is 5.33. The van der Waals surface area contributed by atoms with Gasteiger partial charge in [-0.1, -0.05) is 36.4 Å². The molecule has 21 heavy (non-hydrogen) atoms. The second kappa shape index (κ2) is 6.15. The van der Waals surface area contributed by atoms with Gasteiger partial charge < -0.3 is 9.84 Å². The third-order valence-electron chi connectivity index (χ3n) is 3.03. The smallest absolute Gasteiger partial charge is 0.194 e. The van der Waals surface area contributed by atoms with Crippen LogP contribution >= 0.6 is 0 Å². The standard InChI is InChI=1S/C15H14N4O2/c20-10-12-6-4-5-9-14(12)21-11-15-16-17-18-19(15)13-7-2-1-3-8-13/h1-9,20H,10-11H2. The van der Waals surface area contributed by atoms with Crippen molar-refractivity contribution >= 4 is 0 Å². The molecule has 1 heterocycles. The van der Waals surface area contributed by atoms with Gasteiger partial charge in [0.05, 0.1) is 12.3 Å². The molecule has 3 aromatic rings. The Balaban J connectivity index is 1.79. The SMILES string of the molecule is OCc1ccccc1OCc1nnnn1-c1ccccc1. The van der Waals surface area contributed by atoms with Gasteiger partial charge in [-0.15, -0.1) is 5.10 Å². The van der Waals surface area contributed by atoms with Crippen molar-refractivity contribution in [1.82, 2.24) is 20.2 Å². The maximum absolute atomic E-state index is 9.28. The molecule has 6 nitrogen and oxygen atoms in total. The number of rotatable bonds is 5. The van der Waals surface area contributed by atoms with Crippen LogP contribution in [0, 0.1) is 0 Å². The van der Waals surface area contributed by atoms with Crippen LogP contribution in [0.3, 0.4) is 0 Å². The highest BCUT2D eigenvalue weighted by Crippen LogP contribution is 2.19. The third-order valence-corrected chi connectivity index (χ3v) is 3.03. The monoisotopic (exact) mass is 282 g/mol. The van der Waals surface area contributed by atoms with E-state index in [1.54, 1.807) is 4.68 Å². The maximum Gasteiger partial charge on any atom is 0.194 e. The van der Waals surface area contributed by atoms with Gasteiger partial charge in [0.1, 0.15) is 12.4 Å². The molecule has 0 aliphatic carbocycles. The largest absolute Gasteiger partial charge is 0.485 e. The van der Waals surface area contributed by atoms with Crippen LogP contribution in [0.5, 0.6) is 5.75 Å². The molecule has 0 spiro atoms. The fourth-order valence-corrected chi connectivity index (χ4v) is 1.98. The van der Waals surface area contributed by atoms with Crippen molar-refractivity contribution in [3.63, 3.8) is 0 Å². The van der Waals surface area contributed by atoms with E-state index < -0.39 is 0 Å². The lowest BCUT2D eigenvalue weighted by Crippen LogP contribution is -2.07. The topological polar surface area (TPSA) is 73.1 Å². The van der Waals surface area contributed by atoms with Gasteiger partial charge in [0.15, 0.2) is 5.82 Å². The Bertz CT molecular complexity index is 712. The summed E-state index contributed by atoms with van der Waals surface area (Å²) in [6, 6.07) is 16.9. The van der Waals surface area contributed by atoms with Gasteiger partial charge in [-0.2, -0.15) is 4.68 Å². The van der Waals surface area contributed by atoms with Crippen molar-refractivity contribution in [3.8, 4) is 11.4 Å². The molecule has 3 rings (SSSR count). The van der Waals surface area contributed by atoms with Gasteiger partial charge in [0.25, 0.3) is 0 Å². The maximum atomic E-state index is 9.28. The number of aliphatic hydroxyl groups excluding tert-OH is 1. The molecular formula is C15H14N4O2. The minimum absolute atomic E-state index is 0.0696. The lowest BCUT2D eigenvalue weighted by molar-refractivity contribution is 0.254. The molecule has 0 saturated heterocycles. The van der Waals surface area contributed by atoms with Gasteiger partial charge in [-0.25, -0.2) is 0 Å². The van der Waals surface area contributed by atoms with Crippen LogP contribution in [0.4, 0.5) is 0 Å². The van der Waals surface area contributed by atoms with E-state index in [4.69, 9.17) is 4.74 Å². The molecule has 0 aliphatic rings. The molecule has 1 aromatic heterocycles. The fourth-order valence-electron chi connectivity index (χ4n) is 1.98. The van der Waals surface area contributed by atoms with Crippen molar-refractivity contribution in [2.45, 2.75) is 13.2 Å². The van der Waals surface area contributed by atoms with Crippen molar-refractivity contribution in [2.24, 2.45) is 0 Å². The molecule has 0 amide bonds. The summed E-state index contributed by atoms with van der Waals surface area (Å²) in [4.78, 5) is 0. The van der Waals surface area contributed by atoms with E-state index in [1.807, 2.05) is 54.6 Å². The van der Waals surface area contributed by atoms with E-state index in [-0.39, 0.29) is 13.2 Å². The molecule has 0 atom stereocenters. The molecule has 0 aliphatic heterocycles. The minimum atomic E-state index is -0.0696. The van der Waals surface area contributed by atoms with E-state index in [9.17, 15) is 5.11 Å². The van der Waals surface area contributed by atoms with Crippen molar-refractivity contribution in [1.29, 1.82) is 0 Å². The number of nitrogens with zero attached hydrogens (tertiary/aromatic N) is 4. The summed E-state index contributed by atoms with van der Waals surface area (Å²) in [6.45, 7) is 0.151. The predicted molar refractivity (Wildman–Crippen MR) is 75.9 cm³/mol. The van der Waals surface area contributed by atoms with Gasteiger partial charge in [0, 0.05) is 5.56 Å². The number of para-hydroxylation sites is 2. The van der Waals surface area contributed by atoms with Crippen molar-refractivity contribution in [2.75, 3.05) is 0 Å². The Morgan fingerprint density at radius 2 is 1.76 bits per heavy atom.